The normalized spacial score (nSPS) is 13.1. The molecule has 1 aliphatic heterocycles. The molecule has 1 saturated heterocycles. The average molecular weight is 539 g/mol. The first-order valence-electron chi connectivity index (χ1n) is 11.6. The summed E-state index contributed by atoms with van der Waals surface area (Å²) in [4.78, 5) is 29.4. The van der Waals surface area contributed by atoms with E-state index in [1.165, 1.54) is 0 Å². The number of carbonyl (C=O) groups excluding carboxylic acids is 2. The lowest BCUT2D eigenvalue weighted by atomic mass is 10.1. The molecule has 3 aromatic carbocycles. The van der Waals surface area contributed by atoms with E-state index < -0.39 is 0 Å². The van der Waals surface area contributed by atoms with Crippen LogP contribution in [0.4, 0.5) is 11.4 Å². The Hall–Kier alpha value is -3.82. The van der Waals surface area contributed by atoms with Gasteiger partial charge in [-0.3, -0.25) is 14.9 Å². The molecule has 2 N–H and O–H groups in total. The van der Waals surface area contributed by atoms with Crippen LogP contribution in [0.5, 0.6) is 11.5 Å². The van der Waals surface area contributed by atoms with Gasteiger partial charge < -0.3 is 24.6 Å². The van der Waals surface area contributed by atoms with Crippen LogP contribution in [-0.4, -0.2) is 62.2 Å². The third kappa shape index (κ3) is 6.69. The second-order valence-corrected chi connectivity index (χ2v) is 9.19. The van der Waals surface area contributed by atoms with Crippen molar-refractivity contribution in [3.8, 4) is 11.5 Å². The van der Waals surface area contributed by atoms with E-state index in [-0.39, 0.29) is 16.9 Å². The van der Waals surface area contributed by atoms with Crippen molar-refractivity contribution in [3.05, 3.63) is 82.9 Å². The number of halogens is 1. The molecule has 1 heterocycles. The zero-order valence-corrected chi connectivity index (χ0v) is 22.1. The van der Waals surface area contributed by atoms with Crippen LogP contribution in [0, 0.1) is 0 Å². The number of nitrogens with one attached hydrogen (secondary N) is 2. The molecule has 8 nitrogen and oxygen atoms in total. The molecule has 1 fully saturated rings. The van der Waals surface area contributed by atoms with Gasteiger partial charge in [0.05, 0.1) is 14.2 Å². The fourth-order valence-corrected chi connectivity index (χ4v) is 4.31. The Morgan fingerprint density at radius 1 is 0.838 bits per heavy atom. The molecule has 37 heavy (non-hydrogen) atoms. The lowest BCUT2D eigenvalue weighted by molar-refractivity contribution is 0.0745. The van der Waals surface area contributed by atoms with Gasteiger partial charge in [-0.15, -0.1) is 0 Å². The van der Waals surface area contributed by atoms with Crippen LogP contribution >= 0.6 is 23.8 Å². The Balaban J connectivity index is 1.30. The third-order valence-electron chi connectivity index (χ3n) is 5.99. The summed E-state index contributed by atoms with van der Waals surface area (Å²) < 4.78 is 10.6. The van der Waals surface area contributed by atoms with Gasteiger partial charge in [-0.05, 0) is 72.9 Å². The second-order valence-electron chi connectivity index (χ2n) is 8.34. The number of piperazine rings is 1. The molecule has 3 aromatic rings. The van der Waals surface area contributed by atoms with Crippen molar-refractivity contribution in [2.45, 2.75) is 0 Å². The Bertz CT molecular complexity index is 1250. The Labute approximate surface area is 226 Å². The summed E-state index contributed by atoms with van der Waals surface area (Å²) in [6.07, 6.45) is 0. The lowest BCUT2D eigenvalue weighted by Gasteiger charge is -2.36. The van der Waals surface area contributed by atoms with E-state index in [0.717, 1.165) is 11.4 Å². The summed E-state index contributed by atoms with van der Waals surface area (Å²) in [5.74, 6) is 0.800. The molecule has 4 rings (SSSR count). The molecular weight excluding hydrogens is 512 g/mol. The highest BCUT2D eigenvalue weighted by Gasteiger charge is 2.23. The fraction of sp³-hybridized carbons (Fsp3) is 0.222. The third-order valence-corrected chi connectivity index (χ3v) is 6.45. The maximum Gasteiger partial charge on any atom is 0.257 e. The minimum absolute atomic E-state index is 0.0504. The first-order valence-corrected chi connectivity index (χ1v) is 12.4. The van der Waals surface area contributed by atoms with Crippen molar-refractivity contribution in [2.75, 3.05) is 50.6 Å². The molecule has 0 aliphatic carbocycles. The van der Waals surface area contributed by atoms with Crippen LogP contribution in [0.15, 0.2) is 66.7 Å². The van der Waals surface area contributed by atoms with E-state index in [4.69, 9.17) is 33.3 Å². The number of ether oxygens (including phenoxy) is 2. The number of benzene rings is 3. The van der Waals surface area contributed by atoms with Crippen molar-refractivity contribution in [1.29, 1.82) is 0 Å². The number of anilines is 2. The molecule has 0 saturated carbocycles. The van der Waals surface area contributed by atoms with Gasteiger partial charge in [0.2, 0.25) is 0 Å². The maximum absolute atomic E-state index is 13.0. The predicted molar refractivity (Wildman–Crippen MR) is 149 cm³/mol. The van der Waals surface area contributed by atoms with Gasteiger partial charge in [0.25, 0.3) is 11.8 Å². The highest BCUT2D eigenvalue weighted by Crippen LogP contribution is 2.25. The lowest BCUT2D eigenvalue weighted by Crippen LogP contribution is -2.48. The Morgan fingerprint density at radius 2 is 1.43 bits per heavy atom. The minimum atomic E-state index is -0.314. The number of carbonyl (C=O) groups is 2. The Kier molecular flexibility index (Phi) is 8.47. The van der Waals surface area contributed by atoms with Gasteiger partial charge in [0.1, 0.15) is 11.5 Å². The zero-order valence-electron chi connectivity index (χ0n) is 20.5. The molecule has 1 aliphatic rings. The number of hydrogen-bond donors (Lipinski definition) is 2. The minimum Gasteiger partial charge on any atom is -0.497 e. The molecule has 0 aromatic heterocycles. The van der Waals surface area contributed by atoms with Crippen molar-refractivity contribution in [3.63, 3.8) is 0 Å². The second kappa shape index (κ2) is 11.9. The van der Waals surface area contributed by atoms with Gasteiger partial charge >= 0.3 is 0 Å². The maximum atomic E-state index is 13.0. The van der Waals surface area contributed by atoms with Gasteiger partial charge in [-0.1, -0.05) is 11.6 Å². The molecular formula is C27H27ClN4O4S. The number of hydrogen-bond acceptors (Lipinski definition) is 6. The summed E-state index contributed by atoms with van der Waals surface area (Å²) in [6, 6.07) is 19.5. The molecule has 0 atom stereocenters. The highest BCUT2D eigenvalue weighted by atomic mass is 35.5. The van der Waals surface area contributed by atoms with Crippen LogP contribution in [-0.2, 0) is 0 Å². The smallest absolute Gasteiger partial charge is 0.257 e. The number of methoxy groups -OCH3 is 2. The van der Waals surface area contributed by atoms with Crippen LogP contribution < -0.4 is 25.0 Å². The van der Waals surface area contributed by atoms with Crippen LogP contribution in [0.2, 0.25) is 5.02 Å². The summed E-state index contributed by atoms with van der Waals surface area (Å²) >= 11 is 11.1. The summed E-state index contributed by atoms with van der Waals surface area (Å²) in [5, 5.41) is 6.45. The van der Waals surface area contributed by atoms with E-state index in [1.54, 1.807) is 56.7 Å². The van der Waals surface area contributed by atoms with Crippen molar-refractivity contribution in [2.24, 2.45) is 0 Å². The fourth-order valence-electron chi connectivity index (χ4n) is 3.98. The molecule has 0 bridgehead atoms. The van der Waals surface area contributed by atoms with E-state index in [0.29, 0.717) is 53.8 Å². The zero-order chi connectivity index (χ0) is 26.4. The molecule has 10 heteroatoms. The molecule has 0 unspecified atom stereocenters. The largest absolute Gasteiger partial charge is 0.497 e. The monoisotopic (exact) mass is 538 g/mol. The van der Waals surface area contributed by atoms with Gasteiger partial charge in [-0.2, -0.15) is 0 Å². The van der Waals surface area contributed by atoms with Gasteiger partial charge in [0.15, 0.2) is 5.11 Å². The topological polar surface area (TPSA) is 83.1 Å². The molecule has 0 spiro atoms. The predicted octanol–water partition coefficient (Wildman–Crippen LogP) is 4.45. The standard InChI is InChI=1S/C27H27ClN4O4S/c1-35-23-15-19(16-24(17-23)36-2)26(34)32-13-11-31(12-14-32)22-9-7-21(8-10-22)29-27(37)30-25(33)18-3-5-20(28)6-4-18/h3-10,15-17H,11-14H2,1-2H3,(H2,29,30,33,37). The first-order chi connectivity index (χ1) is 17.9. The van der Waals surface area contributed by atoms with Gasteiger partial charge in [-0.25, -0.2) is 0 Å². The number of rotatable bonds is 6. The van der Waals surface area contributed by atoms with Crippen LogP contribution in [0.1, 0.15) is 20.7 Å². The molecule has 2 amide bonds. The Morgan fingerprint density at radius 3 is 2.00 bits per heavy atom. The van der Waals surface area contributed by atoms with E-state index in [9.17, 15) is 9.59 Å². The van der Waals surface area contributed by atoms with E-state index >= 15 is 0 Å². The van der Waals surface area contributed by atoms with Crippen molar-refractivity contribution < 1.29 is 19.1 Å². The highest BCUT2D eigenvalue weighted by molar-refractivity contribution is 7.80. The quantitative estimate of drug-likeness (QED) is 0.449. The van der Waals surface area contributed by atoms with Crippen molar-refractivity contribution >= 4 is 52.1 Å². The summed E-state index contributed by atoms with van der Waals surface area (Å²) in [6.45, 7) is 2.60. The van der Waals surface area contributed by atoms with Gasteiger partial charge in [0, 0.05) is 59.8 Å². The first kappa shape index (κ1) is 26.2. The number of thiocarbonyl (C=S) groups is 1. The van der Waals surface area contributed by atoms with Crippen molar-refractivity contribution in [1.82, 2.24) is 10.2 Å². The van der Waals surface area contributed by atoms with E-state index in [1.807, 2.05) is 29.2 Å². The SMILES string of the molecule is COc1cc(OC)cc(C(=O)N2CCN(c3ccc(NC(=S)NC(=O)c4ccc(Cl)cc4)cc3)CC2)c1. The summed E-state index contributed by atoms with van der Waals surface area (Å²) in [5.41, 5.74) is 2.80. The molecule has 192 valence electrons. The number of amides is 2. The van der Waals surface area contributed by atoms with Crippen LogP contribution in [0.25, 0.3) is 0 Å². The average Bonchev–Trinajstić information content (AvgIpc) is 2.93. The summed E-state index contributed by atoms with van der Waals surface area (Å²) in [7, 11) is 3.13. The van der Waals surface area contributed by atoms with Crippen LogP contribution in [0.3, 0.4) is 0 Å². The van der Waals surface area contributed by atoms with E-state index in [2.05, 4.69) is 15.5 Å². The molecule has 0 radical (unpaired) electrons. The number of nitrogens with zero attached hydrogens (tertiary/aromatic N) is 2.